The third-order valence-corrected chi connectivity index (χ3v) is 9.73. The summed E-state index contributed by atoms with van der Waals surface area (Å²) < 4.78 is 25.7. The van der Waals surface area contributed by atoms with Crippen molar-refractivity contribution in [2.45, 2.75) is 42.3 Å². The van der Waals surface area contributed by atoms with Crippen molar-refractivity contribution in [3.8, 4) is 11.5 Å². The molecule has 0 aliphatic carbocycles. The highest BCUT2D eigenvalue weighted by atomic mass is 35.5. The van der Waals surface area contributed by atoms with Crippen molar-refractivity contribution in [3.05, 3.63) is 98.8 Å². The molecule has 1 aromatic heterocycles. The molecule has 0 saturated carbocycles. The smallest absolute Gasteiger partial charge is 0.301 e. The number of carbonyl (C=O) groups excluding carboxylic acids is 2. The number of aromatic nitrogens is 2. The van der Waals surface area contributed by atoms with E-state index >= 15 is 0 Å². The predicted molar refractivity (Wildman–Crippen MR) is 175 cm³/mol. The van der Waals surface area contributed by atoms with Crippen LogP contribution in [0.15, 0.2) is 70.6 Å². The number of ether oxygens (including phenoxy) is 2. The van der Waals surface area contributed by atoms with Gasteiger partial charge in [-0.25, -0.2) is 4.39 Å². The summed E-state index contributed by atoms with van der Waals surface area (Å²) in [5.74, 6) is -1.41. The summed E-state index contributed by atoms with van der Waals surface area (Å²) >= 11 is 14.8. The summed E-state index contributed by atoms with van der Waals surface area (Å²) in [5.41, 5.74) is 1.30. The van der Waals surface area contributed by atoms with E-state index in [0.29, 0.717) is 43.8 Å². The monoisotopic (exact) mass is 687 g/mol. The van der Waals surface area contributed by atoms with Gasteiger partial charge in [0.1, 0.15) is 11.6 Å². The zero-order valence-electron chi connectivity index (χ0n) is 24.3. The van der Waals surface area contributed by atoms with Crippen molar-refractivity contribution < 1.29 is 28.6 Å². The van der Waals surface area contributed by atoms with E-state index in [-0.39, 0.29) is 16.3 Å². The topological polar surface area (TPSA) is 102 Å². The summed E-state index contributed by atoms with van der Waals surface area (Å²) in [6.45, 7) is 2.60. The Morgan fingerprint density at radius 1 is 1.04 bits per heavy atom. The number of benzene rings is 3. The standard InChI is InChI=1S/C32H28Cl2FN3O5S2/c1-3-4-5-14-43-24-13-9-19(15-25(24)42-2)27-26(28(39)18-7-11-22(35)12-8-18)29(40)30(41)38(27)31-36-37-32(45-31)44-17-20-6-10-21(33)16-23(20)34/h6-13,15-16,27,39H,3-5,14,17H2,1-2H3/b28-26-. The zero-order valence-corrected chi connectivity index (χ0v) is 27.4. The van der Waals surface area contributed by atoms with Crippen LogP contribution in [0.1, 0.15) is 48.9 Å². The predicted octanol–water partition coefficient (Wildman–Crippen LogP) is 8.48. The van der Waals surface area contributed by atoms with Gasteiger partial charge in [-0.1, -0.05) is 78.2 Å². The molecule has 0 spiro atoms. The first kappa shape index (κ1) is 32.7. The fourth-order valence-electron chi connectivity index (χ4n) is 4.75. The summed E-state index contributed by atoms with van der Waals surface area (Å²) in [6, 6.07) is 14.2. The van der Waals surface area contributed by atoms with Crippen LogP contribution in [0, 0.1) is 5.82 Å². The maximum absolute atomic E-state index is 13.7. The quantitative estimate of drug-likeness (QED) is 0.0395. The number of aliphatic hydroxyl groups is 1. The fraction of sp³-hybridized carbons (Fsp3) is 0.250. The van der Waals surface area contributed by atoms with E-state index in [1.807, 2.05) is 6.07 Å². The molecular weight excluding hydrogens is 660 g/mol. The van der Waals surface area contributed by atoms with E-state index in [0.717, 1.165) is 48.3 Å². The molecule has 1 saturated heterocycles. The number of Topliss-reactive ketones (excluding diaryl/α,β-unsaturated/α-hetero) is 1. The van der Waals surface area contributed by atoms with Crippen LogP contribution < -0.4 is 14.4 Å². The lowest BCUT2D eigenvalue weighted by molar-refractivity contribution is -0.132. The van der Waals surface area contributed by atoms with Gasteiger partial charge in [-0.2, -0.15) is 0 Å². The first-order valence-electron chi connectivity index (χ1n) is 14.0. The minimum atomic E-state index is -1.09. The molecule has 1 fully saturated rings. The molecule has 45 heavy (non-hydrogen) atoms. The number of ketones is 1. The lowest BCUT2D eigenvalue weighted by Crippen LogP contribution is -2.29. The third kappa shape index (κ3) is 7.27. The molecule has 1 aliphatic rings. The van der Waals surface area contributed by atoms with Crippen LogP contribution in [0.3, 0.4) is 0 Å². The number of thioether (sulfide) groups is 1. The fourth-order valence-corrected chi connectivity index (χ4v) is 7.18. The number of aliphatic hydroxyl groups excluding tert-OH is 1. The van der Waals surface area contributed by atoms with E-state index < -0.39 is 29.3 Å². The minimum absolute atomic E-state index is 0.156. The van der Waals surface area contributed by atoms with Crippen molar-refractivity contribution in [2.24, 2.45) is 0 Å². The van der Waals surface area contributed by atoms with Gasteiger partial charge in [0, 0.05) is 21.4 Å². The highest BCUT2D eigenvalue weighted by Crippen LogP contribution is 2.46. The average Bonchev–Trinajstić information content (AvgIpc) is 3.60. The number of anilines is 1. The average molecular weight is 689 g/mol. The Labute approximate surface area is 277 Å². The molecular formula is C32H28Cl2FN3O5S2. The molecule has 0 radical (unpaired) electrons. The van der Waals surface area contributed by atoms with E-state index in [1.54, 1.807) is 30.3 Å². The second kappa shape index (κ2) is 14.6. The van der Waals surface area contributed by atoms with Crippen molar-refractivity contribution in [1.29, 1.82) is 0 Å². The Morgan fingerprint density at radius 3 is 2.53 bits per heavy atom. The van der Waals surface area contributed by atoms with Crippen LogP contribution in [-0.4, -0.2) is 40.7 Å². The van der Waals surface area contributed by atoms with Gasteiger partial charge < -0.3 is 14.6 Å². The molecule has 0 bridgehead atoms. The van der Waals surface area contributed by atoms with Crippen molar-refractivity contribution in [2.75, 3.05) is 18.6 Å². The Kier molecular flexibility index (Phi) is 10.7. The number of hydrogen-bond acceptors (Lipinski definition) is 9. The summed E-state index contributed by atoms with van der Waals surface area (Å²) in [7, 11) is 1.49. The molecule has 5 rings (SSSR count). The molecule has 3 aromatic carbocycles. The molecule has 4 aromatic rings. The van der Waals surface area contributed by atoms with Gasteiger partial charge in [-0.3, -0.25) is 14.5 Å². The Bertz CT molecular complexity index is 1750. The van der Waals surface area contributed by atoms with Crippen molar-refractivity contribution in [3.63, 3.8) is 0 Å². The van der Waals surface area contributed by atoms with Crippen LogP contribution in [0.4, 0.5) is 9.52 Å². The maximum Gasteiger partial charge on any atom is 0.301 e. The Morgan fingerprint density at radius 2 is 1.82 bits per heavy atom. The van der Waals surface area contributed by atoms with Crippen molar-refractivity contribution >= 4 is 68.9 Å². The number of nitrogens with zero attached hydrogens (tertiary/aromatic N) is 3. The first-order chi connectivity index (χ1) is 21.7. The lowest BCUT2D eigenvalue weighted by atomic mass is 9.95. The second-order valence-electron chi connectivity index (χ2n) is 10.0. The van der Waals surface area contributed by atoms with E-state index in [4.69, 9.17) is 32.7 Å². The van der Waals surface area contributed by atoms with Crippen LogP contribution in [0.2, 0.25) is 10.0 Å². The molecule has 1 N–H and O–H groups in total. The van der Waals surface area contributed by atoms with Gasteiger partial charge in [-0.05, 0) is 66.1 Å². The molecule has 13 heteroatoms. The van der Waals surface area contributed by atoms with Gasteiger partial charge >= 0.3 is 5.91 Å². The van der Waals surface area contributed by atoms with E-state index in [2.05, 4.69) is 17.1 Å². The summed E-state index contributed by atoms with van der Waals surface area (Å²) in [6.07, 6.45) is 2.95. The molecule has 1 atom stereocenters. The molecule has 1 amide bonds. The zero-order chi connectivity index (χ0) is 32.1. The van der Waals surface area contributed by atoms with Crippen LogP contribution >= 0.6 is 46.3 Å². The molecule has 234 valence electrons. The lowest BCUT2D eigenvalue weighted by Gasteiger charge is -2.23. The Hall–Kier alpha value is -3.64. The van der Waals surface area contributed by atoms with Gasteiger partial charge in [0.2, 0.25) is 5.13 Å². The largest absolute Gasteiger partial charge is 0.507 e. The number of unbranched alkanes of at least 4 members (excludes halogenated alkanes) is 2. The number of halogens is 3. The summed E-state index contributed by atoms with van der Waals surface area (Å²) in [4.78, 5) is 28.4. The molecule has 1 unspecified atom stereocenters. The van der Waals surface area contributed by atoms with Gasteiger partial charge in [0.05, 0.1) is 25.3 Å². The second-order valence-corrected chi connectivity index (χ2v) is 13.0. The number of rotatable bonds is 12. The first-order valence-corrected chi connectivity index (χ1v) is 16.6. The van der Waals surface area contributed by atoms with Gasteiger partial charge in [-0.15, -0.1) is 10.2 Å². The maximum atomic E-state index is 13.7. The third-order valence-electron chi connectivity index (χ3n) is 7.04. The Balaban J connectivity index is 1.53. The van der Waals surface area contributed by atoms with Gasteiger partial charge in [0.15, 0.2) is 15.8 Å². The summed E-state index contributed by atoms with van der Waals surface area (Å²) in [5, 5.41) is 21.0. The number of hydrogen-bond donors (Lipinski definition) is 1. The number of amides is 1. The molecule has 2 heterocycles. The normalized spacial score (nSPS) is 15.9. The van der Waals surface area contributed by atoms with Crippen LogP contribution in [-0.2, 0) is 15.3 Å². The number of carbonyl (C=O) groups is 2. The van der Waals surface area contributed by atoms with Crippen molar-refractivity contribution in [1.82, 2.24) is 10.2 Å². The number of methoxy groups -OCH3 is 1. The minimum Gasteiger partial charge on any atom is -0.507 e. The van der Waals surface area contributed by atoms with Crippen LogP contribution in [0.25, 0.3) is 5.76 Å². The van der Waals surface area contributed by atoms with Gasteiger partial charge in [0.25, 0.3) is 5.78 Å². The van der Waals surface area contributed by atoms with Crippen LogP contribution in [0.5, 0.6) is 11.5 Å². The highest BCUT2D eigenvalue weighted by Gasteiger charge is 2.48. The molecule has 8 nitrogen and oxygen atoms in total. The van der Waals surface area contributed by atoms with E-state index in [1.165, 1.54) is 35.9 Å². The highest BCUT2D eigenvalue weighted by molar-refractivity contribution is 8.00. The SMILES string of the molecule is CCCCCOc1ccc(C2/C(=C(/O)c3ccc(F)cc3)C(=O)C(=O)N2c2nnc(SCc3ccc(Cl)cc3Cl)s2)cc1OC. The van der Waals surface area contributed by atoms with E-state index in [9.17, 15) is 19.1 Å². The molecule has 1 aliphatic heterocycles.